The zero-order chi connectivity index (χ0) is 13.4. The standard InChI is InChI=1S/C18H21NS/c1-2-11-19-17(3-1)8-9-18(19)15-6-4-14(5-7-15)16-10-12-20-13-16/h4-7,10,12-13,17-18H,1-3,8-9,11H2/t17-,18-/m1/s1. The van der Waals surface area contributed by atoms with Crippen LogP contribution in [0, 0.1) is 0 Å². The van der Waals surface area contributed by atoms with Crippen molar-refractivity contribution in [3.63, 3.8) is 0 Å². The van der Waals surface area contributed by atoms with E-state index in [0.717, 1.165) is 6.04 Å². The fraction of sp³-hybridized carbons (Fsp3) is 0.444. The van der Waals surface area contributed by atoms with Crippen LogP contribution in [0.3, 0.4) is 0 Å². The summed E-state index contributed by atoms with van der Waals surface area (Å²) in [6, 6.07) is 13.1. The topological polar surface area (TPSA) is 3.24 Å². The summed E-state index contributed by atoms with van der Waals surface area (Å²) in [5.74, 6) is 0. The van der Waals surface area contributed by atoms with Gasteiger partial charge in [-0.25, -0.2) is 0 Å². The number of benzene rings is 1. The molecule has 1 nitrogen and oxygen atoms in total. The predicted molar refractivity (Wildman–Crippen MR) is 86.1 cm³/mol. The van der Waals surface area contributed by atoms with Gasteiger partial charge in [-0.15, -0.1) is 0 Å². The molecule has 4 rings (SSSR count). The normalized spacial score (nSPS) is 26.6. The minimum absolute atomic E-state index is 0.678. The van der Waals surface area contributed by atoms with Gasteiger partial charge in [0.05, 0.1) is 0 Å². The molecular weight excluding hydrogens is 262 g/mol. The van der Waals surface area contributed by atoms with Crippen molar-refractivity contribution in [2.24, 2.45) is 0 Å². The van der Waals surface area contributed by atoms with E-state index in [1.807, 2.05) is 0 Å². The third-order valence-electron chi connectivity index (χ3n) is 5.00. The summed E-state index contributed by atoms with van der Waals surface area (Å²) in [4.78, 5) is 2.77. The Bertz CT molecular complexity index is 558. The van der Waals surface area contributed by atoms with Crippen molar-refractivity contribution < 1.29 is 0 Å². The van der Waals surface area contributed by atoms with Gasteiger partial charge in [-0.2, -0.15) is 11.3 Å². The van der Waals surface area contributed by atoms with Gasteiger partial charge in [0, 0.05) is 12.1 Å². The van der Waals surface area contributed by atoms with Crippen LogP contribution in [-0.4, -0.2) is 17.5 Å². The second kappa shape index (κ2) is 5.34. The van der Waals surface area contributed by atoms with Crippen LogP contribution < -0.4 is 0 Å². The molecule has 2 fully saturated rings. The van der Waals surface area contributed by atoms with Crippen LogP contribution >= 0.6 is 11.3 Å². The van der Waals surface area contributed by atoms with Crippen molar-refractivity contribution in [2.45, 2.75) is 44.2 Å². The summed E-state index contributed by atoms with van der Waals surface area (Å²) < 4.78 is 0. The molecule has 0 aliphatic carbocycles. The van der Waals surface area contributed by atoms with Gasteiger partial charge in [-0.1, -0.05) is 30.7 Å². The molecule has 2 aromatic rings. The SMILES string of the molecule is c1cc(-c2ccc([C@H]3CC[C@H]4CCCCN43)cc2)cs1. The minimum Gasteiger partial charge on any atom is -0.293 e. The van der Waals surface area contributed by atoms with Crippen molar-refractivity contribution in [1.82, 2.24) is 4.90 Å². The Morgan fingerprint density at radius 1 is 0.900 bits per heavy atom. The molecule has 0 N–H and O–H groups in total. The summed E-state index contributed by atoms with van der Waals surface area (Å²) >= 11 is 1.77. The largest absolute Gasteiger partial charge is 0.293 e. The number of nitrogens with zero attached hydrogens (tertiary/aromatic N) is 1. The second-order valence-electron chi connectivity index (χ2n) is 6.11. The van der Waals surface area contributed by atoms with Crippen LogP contribution in [0.5, 0.6) is 0 Å². The Labute approximate surface area is 125 Å². The van der Waals surface area contributed by atoms with Gasteiger partial charge in [0.2, 0.25) is 0 Å². The lowest BCUT2D eigenvalue weighted by Gasteiger charge is -2.34. The predicted octanol–water partition coefficient (Wildman–Crippen LogP) is 5.10. The van der Waals surface area contributed by atoms with Gasteiger partial charge in [-0.05, 0) is 65.7 Å². The maximum Gasteiger partial charge on any atom is 0.0351 e. The minimum atomic E-state index is 0.678. The fourth-order valence-electron chi connectivity index (χ4n) is 3.94. The highest BCUT2D eigenvalue weighted by Gasteiger charge is 2.35. The molecular formula is C18H21NS. The first kappa shape index (κ1) is 12.6. The molecule has 0 spiro atoms. The van der Waals surface area contributed by atoms with Gasteiger partial charge in [0.15, 0.2) is 0 Å². The van der Waals surface area contributed by atoms with E-state index >= 15 is 0 Å². The zero-order valence-corrected chi connectivity index (χ0v) is 12.6. The molecule has 2 atom stereocenters. The van der Waals surface area contributed by atoms with E-state index in [2.05, 4.69) is 46.0 Å². The lowest BCUT2D eigenvalue weighted by atomic mass is 10.0. The molecule has 2 heteroatoms. The molecule has 20 heavy (non-hydrogen) atoms. The Balaban J connectivity index is 1.57. The fourth-order valence-corrected chi connectivity index (χ4v) is 4.61. The van der Waals surface area contributed by atoms with Crippen LogP contribution in [0.15, 0.2) is 41.1 Å². The first-order chi connectivity index (χ1) is 9.92. The van der Waals surface area contributed by atoms with Crippen molar-refractivity contribution in [1.29, 1.82) is 0 Å². The molecule has 0 amide bonds. The van der Waals surface area contributed by atoms with E-state index in [9.17, 15) is 0 Å². The third-order valence-corrected chi connectivity index (χ3v) is 5.68. The first-order valence-electron chi connectivity index (χ1n) is 7.80. The van der Waals surface area contributed by atoms with E-state index < -0.39 is 0 Å². The second-order valence-corrected chi connectivity index (χ2v) is 6.89. The van der Waals surface area contributed by atoms with Crippen molar-refractivity contribution in [2.75, 3.05) is 6.54 Å². The van der Waals surface area contributed by atoms with Gasteiger partial charge in [0.1, 0.15) is 0 Å². The number of piperidine rings is 1. The molecule has 2 aliphatic rings. The Kier molecular flexibility index (Phi) is 3.37. The summed E-state index contributed by atoms with van der Waals surface area (Å²) in [6.07, 6.45) is 6.99. The quantitative estimate of drug-likeness (QED) is 0.740. The first-order valence-corrected chi connectivity index (χ1v) is 8.74. The monoisotopic (exact) mass is 283 g/mol. The molecule has 3 heterocycles. The summed E-state index contributed by atoms with van der Waals surface area (Å²) in [5, 5.41) is 4.38. The molecule has 2 saturated heterocycles. The summed E-state index contributed by atoms with van der Waals surface area (Å²) in [6.45, 7) is 1.31. The van der Waals surface area contributed by atoms with Crippen LogP contribution in [-0.2, 0) is 0 Å². The van der Waals surface area contributed by atoms with Crippen molar-refractivity contribution in [3.8, 4) is 11.1 Å². The average Bonchev–Trinajstić information content (AvgIpc) is 3.17. The highest BCUT2D eigenvalue weighted by molar-refractivity contribution is 7.08. The molecule has 0 bridgehead atoms. The number of thiophene rings is 1. The maximum absolute atomic E-state index is 2.77. The van der Waals surface area contributed by atoms with E-state index in [1.54, 1.807) is 11.3 Å². The summed E-state index contributed by atoms with van der Waals surface area (Å²) in [7, 11) is 0. The third kappa shape index (κ3) is 2.21. The molecule has 0 unspecified atom stereocenters. The Morgan fingerprint density at radius 3 is 2.60 bits per heavy atom. The molecule has 2 aliphatic heterocycles. The molecule has 0 saturated carbocycles. The van der Waals surface area contributed by atoms with E-state index in [0.29, 0.717) is 6.04 Å². The van der Waals surface area contributed by atoms with Crippen molar-refractivity contribution >= 4 is 11.3 Å². The van der Waals surface area contributed by atoms with Gasteiger partial charge >= 0.3 is 0 Å². The highest BCUT2D eigenvalue weighted by atomic mass is 32.1. The number of fused-ring (bicyclic) bond motifs is 1. The van der Waals surface area contributed by atoms with Gasteiger partial charge in [0.25, 0.3) is 0 Å². The van der Waals surface area contributed by atoms with Gasteiger partial charge in [-0.3, -0.25) is 4.90 Å². The van der Waals surface area contributed by atoms with Crippen LogP contribution in [0.4, 0.5) is 0 Å². The Hall–Kier alpha value is -1.12. The number of hydrogen-bond acceptors (Lipinski definition) is 2. The van der Waals surface area contributed by atoms with E-state index in [4.69, 9.17) is 0 Å². The lowest BCUT2D eigenvalue weighted by molar-refractivity contribution is 0.150. The van der Waals surface area contributed by atoms with Crippen molar-refractivity contribution in [3.05, 3.63) is 46.7 Å². The van der Waals surface area contributed by atoms with Gasteiger partial charge < -0.3 is 0 Å². The Morgan fingerprint density at radius 2 is 1.80 bits per heavy atom. The molecule has 104 valence electrons. The average molecular weight is 283 g/mol. The highest BCUT2D eigenvalue weighted by Crippen LogP contribution is 2.40. The smallest absolute Gasteiger partial charge is 0.0351 e. The van der Waals surface area contributed by atoms with Crippen LogP contribution in [0.25, 0.3) is 11.1 Å². The molecule has 0 radical (unpaired) electrons. The van der Waals surface area contributed by atoms with E-state index in [1.165, 1.54) is 55.3 Å². The number of hydrogen-bond donors (Lipinski definition) is 0. The zero-order valence-electron chi connectivity index (χ0n) is 11.8. The maximum atomic E-state index is 2.77. The number of rotatable bonds is 2. The lowest BCUT2D eigenvalue weighted by Crippen LogP contribution is -2.35. The summed E-state index contributed by atoms with van der Waals surface area (Å²) in [5.41, 5.74) is 4.22. The molecule has 1 aromatic carbocycles. The van der Waals surface area contributed by atoms with E-state index in [-0.39, 0.29) is 0 Å². The van der Waals surface area contributed by atoms with Crippen LogP contribution in [0.2, 0.25) is 0 Å². The molecule has 1 aromatic heterocycles. The van der Waals surface area contributed by atoms with Crippen LogP contribution in [0.1, 0.15) is 43.7 Å².